The molecule has 0 heterocycles. The lowest BCUT2D eigenvalue weighted by Crippen LogP contribution is -2.30. The lowest BCUT2D eigenvalue weighted by Gasteiger charge is -2.17. The van der Waals surface area contributed by atoms with E-state index in [1.807, 2.05) is 6.92 Å². The number of halogens is 2. The van der Waals surface area contributed by atoms with Crippen LogP contribution in [0.1, 0.15) is 24.8 Å². The van der Waals surface area contributed by atoms with Crippen molar-refractivity contribution in [2.24, 2.45) is 17.6 Å². The van der Waals surface area contributed by atoms with Gasteiger partial charge in [-0.1, -0.05) is 12.5 Å². The molecule has 1 amide bonds. The Hall–Kier alpha value is -1.13. The van der Waals surface area contributed by atoms with Gasteiger partial charge in [-0.3, -0.25) is 4.79 Å². The number of aryl methyl sites for hydroxylation is 1. The average Bonchev–Trinajstić information content (AvgIpc) is 2.82. The molecule has 2 atom stereocenters. The average molecular weight is 287 g/mol. The molecule has 2 rings (SSSR count). The minimum absolute atomic E-state index is 0. The van der Waals surface area contributed by atoms with Gasteiger partial charge in [-0.15, -0.1) is 12.4 Å². The van der Waals surface area contributed by atoms with Crippen molar-refractivity contribution in [3.05, 3.63) is 29.6 Å². The van der Waals surface area contributed by atoms with Crippen LogP contribution in [-0.2, 0) is 4.79 Å². The highest BCUT2D eigenvalue weighted by Gasteiger charge is 2.32. The van der Waals surface area contributed by atoms with Crippen LogP contribution in [0.2, 0.25) is 0 Å². The molecule has 0 spiro atoms. The van der Waals surface area contributed by atoms with E-state index in [-0.39, 0.29) is 35.8 Å². The first-order chi connectivity index (χ1) is 8.61. The summed E-state index contributed by atoms with van der Waals surface area (Å²) in [5, 5.41) is 2.69. The number of amides is 1. The Morgan fingerprint density at radius 2 is 2.21 bits per heavy atom. The second-order valence-corrected chi connectivity index (χ2v) is 5.01. The van der Waals surface area contributed by atoms with Crippen molar-refractivity contribution < 1.29 is 9.18 Å². The SMILES string of the molecule is Cc1ccc(F)c(NC(=O)[C@@H]2CCC[C@@H]2CN)c1.Cl. The maximum absolute atomic E-state index is 13.6. The van der Waals surface area contributed by atoms with E-state index in [0.717, 1.165) is 24.8 Å². The number of anilines is 1. The van der Waals surface area contributed by atoms with E-state index >= 15 is 0 Å². The number of nitrogens with one attached hydrogen (secondary N) is 1. The summed E-state index contributed by atoms with van der Waals surface area (Å²) in [6.07, 6.45) is 2.86. The van der Waals surface area contributed by atoms with Crippen LogP contribution in [0.3, 0.4) is 0 Å². The number of rotatable bonds is 3. The molecule has 1 aliphatic carbocycles. The highest BCUT2D eigenvalue weighted by Crippen LogP contribution is 2.32. The third kappa shape index (κ3) is 3.67. The Balaban J connectivity index is 0.00000180. The van der Waals surface area contributed by atoms with Gasteiger partial charge in [-0.2, -0.15) is 0 Å². The fourth-order valence-electron chi connectivity index (χ4n) is 2.62. The first-order valence-corrected chi connectivity index (χ1v) is 6.39. The van der Waals surface area contributed by atoms with Crippen LogP contribution < -0.4 is 11.1 Å². The molecule has 0 saturated heterocycles. The molecule has 1 aliphatic rings. The highest BCUT2D eigenvalue weighted by atomic mass is 35.5. The molecule has 0 unspecified atom stereocenters. The van der Waals surface area contributed by atoms with E-state index in [9.17, 15) is 9.18 Å². The van der Waals surface area contributed by atoms with Crippen molar-refractivity contribution in [1.82, 2.24) is 0 Å². The Morgan fingerprint density at radius 1 is 1.47 bits per heavy atom. The van der Waals surface area contributed by atoms with Crippen LogP contribution in [0.15, 0.2) is 18.2 Å². The van der Waals surface area contributed by atoms with Crippen LogP contribution in [-0.4, -0.2) is 12.5 Å². The summed E-state index contributed by atoms with van der Waals surface area (Å²) in [7, 11) is 0. The maximum Gasteiger partial charge on any atom is 0.227 e. The van der Waals surface area contributed by atoms with Gasteiger partial charge < -0.3 is 11.1 Å². The first-order valence-electron chi connectivity index (χ1n) is 6.39. The molecule has 0 radical (unpaired) electrons. The minimum atomic E-state index is -0.392. The zero-order valence-electron chi connectivity index (χ0n) is 11.0. The molecule has 3 N–H and O–H groups in total. The molecule has 1 aromatic rings. The van der Waals surface area contributed by atoms with E-state index < -0.39 is 5.82 Å². The predicted octanol–water partition coefficient (Wildman–Crippen LogP) is 2.87. The molecule has 1 fully saturated rings. The summed E-state index contributed by atoms with van der Waals surface area (Å²) in [6, 6.07) is 4.71. The lowest BCUT2D eigenvalue weighted by atomic mass is 9.95. The molecule has 106 valence electrons. The fraction of sp³-hybridized carbons (Fsp3) is 0.500. The van der Waals surface area contributed by atoms with E-state index in [0.29, 0.717) is 6.54 Å². The molecule has 0 aromatic heterocycles. The number of carbonyl (C=O) groups is 1. The van der Waals surface area contributed by atoms with Gasteiger partial charge in [-0.25, -0.2) is 4.39 Å². The van der Waals surface area contributed by atoms with E-state index in [1.54, 1.807) is 12.1 Å². The Kier molecular flexibility index (Phi) is 5.76. The van der Waals surface area contributed by atoms with Crippen LogP contribution in [0.25, 0.3) is 0 Å². The van der Waals surface area contributed by atoms with E-state index in [4.69, 9.17) is 5.73 Å². The zero-order chi connectivity index (χ0) is 13.1. The predicted molar refractivity (Wildman–Crippen MR) is 76.9 cm³/mol. The third-order valence-electron chi connectivity index (χ3n) is 3.68. The van der Waals surface area contributed by atoms with Crippen molar-refractivity contribution in [1.29, 1.82) is 0 Å². The maximum atomic E-state index is 13.6. The molecule has 19 heavy (non-hydrogen) atoms. The summed E-state index contributed by atoms with van der Waals surface area (Å²) in [5.74, 6) is -0.337. The molecule has 1 saturated carbocycles. The summed E-state index contributed by atoms with van der Waals surface area (Å²) in [6.45, 7) is 2.39. The van der Waals surface area contributed by atoms with Crippen LogP contribution >= 0.6 is 12.4 Å². The van der Waals surface area contributed by atoms with Crippen LogP contribution in [0.4, 0.5) is 10.1 Å². The number of nitrogens with two attached hydrogens (primary N) is 1. The Morgan fingerprint density at radius 3 is 2.89 bits per heavy atom. The van der Waals surface area contributed by atoms with Crippen LogP contribution in [0, 0.1) is 24.6 Å². The van der Waals surface area contributed by atoms with Gasteiger partial charge in [0.1, 0.15) is 5.82 Å². The summed E-state index contributed by atoms with van der Waals surface area (Å²) in [4.78, 5) is 12.1. The standard InChI is InChI=1S/C14H19FN2O.ClH/c1-9-5-6-12(15)13(7-9)17-14(18)11-4-2-3-10(11)8-16;/h5-7,10-11H,2-4,8,16H2,1H3,(H,17,18);1H/t10-,11-;/m1./s1. The molecule has 0 aliphatic heterocycles. The van der Waals surface area contributed by atoms with Gasteiger partial charge in [0, 0.05) is 5.92 Å². The smallest absolute Gasteiger partial charge is 0.227 e. The quantitative estimate of drug-likeness (QED) is 0.898. The second kappa shape index (κ2) is 6.87. The van der Waals surface area contributed by atoms with E-state index in [1.165, 1.54) is 6.07 Å². The summed E-state index contributed by atoms with van der Waals surface area (Å²) >= 11 is 0. The number of hydrogen-bond donors (Lipinski definition) is 2. The first kappa shape index (κ1) is 15.9. The van der Waals surface area contributed by atoms with E-state index in [2.05, 4.69) is 5.32 Å². The summed E-state index contributed by atoms with van der Waals surface area (Å²) < 4.78 is 13.6. The Labute approximate surface area is 119 Å². The van der Waals surface area contributed by atoms with Crippen LogP contribution in [0.5, 0.6) is 0 Å². The number of hydrogen-bond acceptors (Lipinski definition) is 2. The molecule has 3 nitrogen and oxygen atoms in total. The largest absolute Gasteiger partial charge is 0.330 e. The number of benzene rings is 1. The molecule has 0 bridgehead atoms. The van der Waals surface area contributed by atoms with Crippen molar-refractivity contribution >= 4 is 24.0 Å². The molecule has 1 aromatic carbocycles. The molecular formula is C14H20ClFN2O. The van der Waals surface area contributed by atoms with Gasteiger partial charge in [0.15, 0.2) is 0 Å². The van der Waals surface area contributed by atoms with Crippen molar-refractivity contribution in [3.63, 3.8) is 0 Å². The number of carbonyl (C=O) groups excluding carboxylic acids is 1. The normalized spacial score (nSPS) is 21.8. The van der Waals surface area contributed by atoms with Gasteiger partial charge >= 0.3 is 0 Å². The van der Waals surface area contributed by atoms with Crippen molar-refractivity contribution in [3.8, 4) is 0 Å². The molecule has 5 heteroatoms. The topological polar surface area (TPSA) is 55.1 Å². The van der Waals surface area contributed by atoms with Gasteiger partial charge in [-0.05, 0) is 49.9 Å². The minimum Gasteiger partial charge on any atom is -0.330 e. The monoisotopic (exact) mass is 286 g/mol. The van der Waals surface area contributed by atoms with Gasteiger partial charge in [0.05, 0.1) is 5.69 Å². The van der Waals surface area contributed by atoms with Gasteiger partial charge in [0.2, 0.25) is 5.91 Å². The third-order valence-corrected chi connectivity index (χ3v) is 3.68. The van der Waals surface area contributed by atoms with Gasteiger partial charge in [0.25, 0.3) is 0 Å². The fourth-order valence-corrected chi connectivity index (χ4v) is 2.62. The highest BCUT2D eigenvalue weighted by molar-refractivity contribution is 5.93. The Bertz CT molecular complexity index is 453. The zero-order valence-corrected chi connectivity index (χ0v) is 11.8. The lowest BCUT2D eigenvalue weighted by molar-refractivity contribution is -0.120. The summed E-state index contributed by atoms with van der Waals surface area (Å²) in [5.41, 5.74) is 6.85. The van der Waals surface area contributed by atoms with Crippen molar-refractivity contribution in [2.75, 3.05) is 11.9 Å². The second-order valence-electron chi connectivity index (χ2n) is 5.01. The molecular weight excluding hydrogens is 267 g/mol. The van der Waals surface area contributed by atoms with Crippen molar-refractivity contribution in [2.45, 2.75) is 26.2 Å².